The van der Waals surface area contributed by atoms with Gasteiger partial charge in [0, 0.05) is 26.1 Å². The molecule has 0 aliphatic heterocycles. The number of rotatable bonds is 9. The molecule has 6 heteroatoms. The standard InChI is InChI=1S/C17H28N2O3S/c1-5-11-19(12-6-2)17(20)9-10-18-23(21,22)16-8-7-14(3)15(4)13-16/h7-8,13,18H,5-6,9-12H2,1-4H3. The van der Waals surface area contributed by atoms with Crippen molar-refractivity contribution in [3.63, 3.8) is 0 Å². The highest BCUT2D eigenvalue weighted by Gasteiger charge is 2.16. The minimum absolute atomic E-state index is 0.00325. The monoisotopic (exact) mass is 340 g/mol. The zero-order chi connectivity index (χ0) is 17.5. The van der Waals surface area contributed by atoms with Gasteiger partial charge in [-0.05, 0) is 49.9 Å². The molecule has 0 saturated heterocycles. The zero-order valence-electron chi connectivity index (χ0n) is 14.6. The maximum absolute atomic E-state index is 12.3. The van der Waals surface area contributed by atoms with Crippen molar-refractivity contribution < 1.29 is 13.2 Å². The fourth-order valence-electron chi connectivity index (χ4n) is 2.32. The van der Waals surface area contributed by atoms with Crippen LogP contribution in [0.4, 0.5) is 0 Å². The fraction of sp³-hybridized carbons (Fsp3) is 0.588. The van der Waals surface area contributed by atoms with Crippen molar-refractivity contribution in [2.75, 3.05) is 19.6 Å². The zero-order valence-corrected chi connectivity index (χ0v) is 15.4. The maximum Gasteiger partial charge on any atom is 0.240 e. The van der Waals surface area contributed by atoms with Crippen LogP contribution in [0, 0.1) is 13.8 Å². The summed E-state index contributed by atoms with van der Waals surface area (Å²) >= 11 is 0. The molecule has 0 saturated carbocycles. The van der Waals surface area contributed by atoms with Gasteiger partial charge >= 0.3 is 0 Å². The van der Waals surface area contributed by atoms with Crippen LogP contribution in [0.2, 0.25) is 0 Å². The van der Waals surface area contributed by atoms with Crippen LogP contribution in [-0.2, 0) is 14.8 Å². The average Bonchev–Trinajstić information content (AvgIpc) is 2.49. The number of hydrogen-bond donors (Lipinski definition) is 1. The third kappa shape index (κ3) is 5.95. The van der Waals surface area contributed by atoms with Gasteiger partial charge < -0.3 is 4.90 Å². The number of amides is 1. The first-order valence-electron chi connectivity index (χ1n) is 8.16. The second kappa shape index (κ2) is 9.03. The number of sulfonamides is 1. The summed E-state index contributed by atoms with van der Waals surface area (Å²) in [5.41, 5.74) is 1.98. The smallest absolute Gasteiger partial charge is 0.240 e. The highest BCUT2D eigenvalue weighted by atomic mass is 32.2. The Morgan fingerprint density at radius 3 is 2.22 bits per heavy atom. The lowest BCUT2D eigenvalue weighted by molar-refractivity contribution is -0.131. The molecule has 1 aromatic carbocycles. The van der Waals surface area contributed by atoms with E-state index < -0.39 is 10.0 Å². The summed E-state index contributed by atoms with van der Waals surface area (Å²) in [6.45, 7) is 9.43. The molecule has 0 fully saturated rings. The second-order valence-electron chi connectivity index (χ2n) is 5.77. The van der Waals surface area contributed by atoms with Crippen LogP contribution in [0.25, 0.3) is 0 Å². The van der Waals surface area contributed by atoms with Crippen LogP contribution in [-0.4, -0.2) is 38.9 Å². The van der Waals surface area contributed by atoms with Gasteiger partial charge in [0.2, 0.25) is 15.9 Å². The van der Waals surface area contributed by atoms with Crippen LogP contribution in [0.5, 0.6) is 0 Å². The summed E-state index contributed by atoms with van der Waals surface area (Å²) in [4.78, 5) is 14.2. The molecule has 0 aromatic heterocycles. The Balaban J connectivity index is 2.62. The minimum Gasteiger partial charge on any atom is -0.343 e. The van der Waals surface area contributed by atoms with E-state index in [1.54, 1.807) is 23.1 Å². The summed E-state index contributed by atoms with van der Waals surface area (Å²) < 4.78 is 27.0. The van der Waals surface area contributed by atoms with Gasteiger partial charge in [0.1, 0.15) is 0 Å². The van der Waals surface area contributed by atoms with E-state index in [1.807, 2.05) is 27.7 Å². The van der Waals surface area contributed by atoms with E-state index in [9.17, 15) is 13.2 Å². The molecule has 0 bridgehead atoms. The highest BCUT2D eigenvalue weighted by Crippen LogP contribution is 2.14. The lowest BCUT2D eigenvalue weighted by Gasteiger charge is -2.21. The lowest BCUT2D eigenvalue weighted by Crippen LogP contribution is -2.35. The van der Waals surface area contributed by atoms with E-state index in [1.165, 1.54) is 0 Å². The van der Waals surface area contributed by atoms with Crippen molar-refractivity contribution in [3.8, 4) is 0 Å². The number of carbonyl (C=O) groups excluding carboxylic acids is 1. The van der Waals surface area contributed by atoms with Crippen LogP contribution >= 0.6 is 0 Å². The summed E-state index contributed by atoms with van der Waals surface area (Å²) in [5.74, 6) is -0.00325. The largest absolute Gasteiger partial charge is 0.343 e. The predicted molar refractivity (Wildman–Crippen MR) is 92.9 cm³/mol. The Morgan fingerprint density at radius 1 is 1.09 bits per heavy atom. The van der Waals surface area contributed by atoms with Gasteiger partial charge in [-0.25, -0.2) is 13.1 Å². The Morgan fingerprint density at radius 2 is 1.70 bits per heavy atom. The third-order valence-corrected chi connectivity index (χ3v) is 5.22. The van der Waals surface area contributed by atoms with E-state index >= 15 is 0 Å². The van der Waals surface area contributed by atoms with Crippen molar-refractivity contribution in [2.24, 2.45) is 0 Å². The number of benzene rings is 1. The van der Waals surface area contributed by atoms with Gasteiger partial charge in [0.15, 0.2) is 0 Å². The highest BCUT2D eigenvalue weighted by molar-refractivity contribution is 7.89. The topological polar surface area (TPSA) is 66.5 Å². The molecule has 0 radical (unpaired) electrons. The predicted octanol–water partition coefficient (Wildman–Crippen LogP) is 2.62. The summed E-state index contributed by atoms with van der Waals surface area (Å²) in [6, 6.07) is 5.03. The molecule has 1 N–H and O–H groups in total. The number of aryl methyl sites for hydroxylation is 2. The van der Waals surface area contributed by atoms with Crippen molar-refractivity contribution >= 4 is 15.9 Å². The molecular weight excluding hydrogens is 312 g/mol. The lowest BCUT2D eigenvalue weighted by atomic mass is 10.1. The summed E-state index contributed by atoms with van der Waals surface area (Å²) in [6.07, 6.45) is 1.99. The Hall–Kier alpha value is -1.40. The van der Waals surface area contributed by atoms with Crippen LogP contribution < -0.4 is 4.72 Å². The van der Waals surface area contributed by atoms with E-state index in [2.05, 4.69) is 4.72 Å². The van der Waals surface area contributed by atoms with E-state index in [0.717, 1.165) is 37.1 Å². The summed E-state index contributed by atoms with van der Waals surface area (Å²) in [5, 5.41) is 0. The number of carbonyl (C=O) groups is 1. The second-order valence-corrected chi connectivity index (χ2v) is 7.54. The average molecular weight is 340 g/mol. The van der Waals surface area contributed by atoms with E-state index in [-0.39, 0.29) is 23.8 Å². The molecule has 130 valence electrons. The first-order chi connectivity index (χ1) is 10.8. The number of nitrogens with one attached hydrogen (secondary N) is 1. The van der Waals surface area contributed by atoms with Crippen LogP contribution in [0.1, 0.15) is 44.2 Å². The van der Waals surface area contributed by atoms with Crippen molar-refractivity contribution in [1.29, 1.82) is 0 Å². The van der Waals surface area contributed by atoms with Crippen molar-refractivity contribution in [3.05, 3.63) is 29.3 Å². The molecule has 1 aromatic rings. The van der Waals surface area contributed by atoms with Crippen molar-refractivity contribution in [1.82, 2.24) is 9.62 Å². The molecular formula is C17H28N2O3S. The molecule has 5 nitrogen and oxygen atoms in total. The Labute approximate surface area is 140 Å². The van der Waals surface area contributed by atoms with E-state index in [0.29, 0.717) is 0 Å². The fourth-order valence-corrected chi connectivity index (χ4v) is 3.43. The number of hydrogen-bond acceptors (Lipinski definition) is 3. The molecule has 0 atom stereocenters. The van der Waals surface area contributed by atoms with Gasteiger partial charge in [0.05, 0.1) is 4.90 Å². The molecule has 0 spiro atoms. The van der Waals surface area contributed by atoms with Gasteiger partial charge in [-0.2, -0.15) is 0 Å². The van der Waals surface area contributed by atoms with E-state index in [4.69, 9.17) is 0 Å². The maximum atomic E-state index is 12.3. The van der Waals surface area contributed by atoms with Gasteiger partial charge in [-0.15, -0.1) is 0 Å². The normalized spacial score (nSPS) is 11.5. The van der Waals surface area contributed by atoms with Crippen LogP contribution in [0.15, 0.2) is 23.1 Å². The first-order valence-corrected chi connectivity index (χ1v) is 9.64. The Bertz CT molecular complexity index is 621. The molecule has 1 rings (SSSR count). The quantitative estimate of drug-likeness (QED) is 0.751. The molecule has 0 aliphatic carbocycles. The molecule has 1 amide bonds. The number of nitrogens with zero attached hydrogens (tertiary/aromatic N) is 1. The van der Waals surface area contributed by atoms with Crippen molar-refractivity contribution in [2.45, 2.75) is 51.9 Å². The summed E-state index contributed by atoms with van der Waals surface area (Å²) in [7, 11) is -3.57. The van der Waals surface area contributed by atoms with Gasteiger partial charge in [-0.3, -0.25) is 4.79 Å². The minimum atomic E-state index is -3.57. The third-order valence-electron chi connectivity index (χ3n) is 3.76. The SMILES string of the molecule is CCCN(CCC)C(=O)CCNS(=O)(=O)c1ccc(C)c(C)c1. The van der Waals surface area contributed by atoms with Gasteiger partial charge in [-0.1, -0.05) is 19.9 Å². The molecule has 0 unspecified atom stereocenters. The van der Waals surface area contributed by atoms with Crippen LogP contribution in [0.3, 0.4) is 0 Å². The molecule has 23 heavy (non-hydrogen) atoms. The van der Waals surface area contributed by atoms with Gasteiger partial charge in [0.25, 0.3) is 0 Å². The molecule has 0 aliphatic rings. The first kappa shape index (κ1) is 19.6. The molecule has 0 heterocycles. The Kier molecular flexibility index (Phi) is 7.72.